The number of ether oxygens (including phenoxy) is 1. The van der Waals surface area contributed by atoms with E-state index in [2.05, 4.69) is 9.71 Å². The van der Waals surface area contributed by atoms with Crippen molar-refractivity contribution in [2.45, 2.75) is 37.1 Å². The van der Waals surface area contributed by atoms with E-state index < -0.39 is 26.6 Å². The van der Waals surface area contributed by atoms with E-state index in [1.807, 2.05) is 0 Å². The maximum atomic E-state index is 14.3. The fraction of sp³-hybridized carbons (Fsp3) is 0.429. The highest BCUT2D eigenvalue weighted by Gasteiger charge is 2.27. The summed E-state index contributed by atoms with van der Waals surface area (Å²) in [4.78, 5) is 11.7. The van der Waals surface area contributed by atoms with E-state index in [9.17, 15) is 17.2 Å². The Bertz CT molecular complexity index is 1270. The van der Waals surface area contributed by atoms with E-state index in [0.29, 0.717) is 37.0 Å². The number of benzene rings is 1. The predicted molar refractivity (Wildman–Crippen MR) is 116 cm³/mol. The topological polar surface area (TPSA) is 85.6 Å². The van der Waals surface area contributed by atoms with Gasteiger partial charge in [-0.05, 0) is 49.4 Å². The van der Waals surface area contributed by atoms with Crippen molar-refractivity contribution >= 4 is 37.4 Å². The molecule has 0 saturated carbocycles. The maximum absolute atomic E-state index is 14.3. The molecule has 0 atom stereocenters. The molecule has 2 aliphatic rings. The Hall–Kier alpha value is -2.21. The molecule has 0 amide bonds. The summed E-state index contributed by atoms with van der Waals surface area (Å²) in [7, 11) is -4.39. The van der Waals surface area contributed by atoms with Gasteiger partial charge in [-0.1, -0.05) is 0 Å². The van der Waals surface area contributed by atoms with E-state index >= 15 is 0 Å². The third-order valence-electron chi connectivity index (χ3n) is 5.88. The Labute approximate surface area is 188 Å². The highest BCUT2D eigenvalue weighted by atomic mass is 32.2. The lowest BCUT2D eigenvalue weighted by atomic mass is 9.97. The number of rotatable bonds is 5. The van der Waals surface area contributed by atoms with Crippen molar-refractivity contribution in [3.8, 4) is 0 Å². The molecule has 0 unspecified atom stereocenters. The normalized spacial score (nSPS) is 17.4. The van der Waals surface area contributed by atoms with Crippen LogP contribution in [0.2, 0.25) is 0 Å². The Kier molecular flexibility index (Phi) is 5.82. The first-order valence-corrected chi connectivity index (χ1v) is 12.9. The van der Waals surface area contributed by atoms with Crippen molar-refractivity contribution in [2.24, 2.45) is 0 Å². The predicted octanol–water partition coefficient (Wildman–Crippen LogP) is 2.06. The number of morpholine rings is 1. The van der Waals surface area contributed by atoms with E-state index in [0.717, 1.165) is 61.3 Å². The van der Waals surface area contributed by atoms with Gasteiger partial charge >= 0.3 is 0 Å². The van der Waals surface area contributed by atoms with Gasteiger partial charge in [0.2, 0.25) is 0 Å². The zero-order valence-electron chi connectivity index (χ0n) is 17.3. The van der Waals surface area contributed by atoms with Crippen LogP contribution in [-0.2, 0) is 34.1 Å². The molecule has 1 aromatic carbocycles. The summed E-state index contributed by atoms with van der Waals surface area (Å²) < 4.78 is 61.8. The van der Waals surface area contributed by atoms with Crippen molar-refractivity contribution in [2.75, 3.05) is 31.0 Å². The lowest BCUT2D eigenvalue weighted by Gasteiger charge is -2.23. The maximum Gasteiger partial charge on any atom is 0.266 e. The van der Waals surface area contributed by atoms with E-state index in [4.69, 9.17) is 9.72 Å². The van der Waals surface area contributed by atoms with Crippen molar-refractivity contribution in [3.63, 3.8) is 0 Å². The quantitative estimate of drug-likeness (QED) is 0.583. The zero-order valence-corrected chi connectivity index (χ0v) is 18.9. The monoisotopic (exact) mass is 481 g/mol. The van der Waals surface area contributed by atoms with Crippen LogP contribution in [0.15, 0.2) is 23.1 Å². The van der Waals surface area contributed by atoms with Gasteiger partial charge in [0.15, 0.2) is 11.6 Å². The number of nitrogens with zero attached hydrogens (tertiary/aromatic N) is 2. The number of quaternary nitrogens is 1. The van der Waals surface area contributed by atoms with Gasteiger partial charge in [-0.3, -0.25) is 4.72 Å². The molecule has 3 heterocycles. The summed E-state index contributed by atoms with van der Waals surface area (Å²) in [6.07, 6.45) is 3.82. The number of fused-ring (bicyclic) bond motifs is 3. The number of aromatic nitrogens is 2. The van der Waals surface area contributed by atoms with E-state index in [-0.39, 0.29) is 5.82 Å². The van der Waals surface area contributed by atoms with Crippen LogP contribution < -0.4 is 9.62 Å². The molecule has 1 fully saturated rings. The number of nitrogens with one attached hydrogen (secondary N) is 2. The first-order chi connectivity index (χ1) is 15.4. The Balaban J connectivity index is 1.59. The number of thiophene rings is 1. The third kappa shape index (κ3) is 4.21. The molecule has 1 saturated heterocycles. The van der Waals surface area contributed by atoms with Crippen molar-refractivity contribution < 1.29 is 26.8 Å². The molecule has 3 aromatic rings. The number of anilines is 1. The second-order valence-corrected chi connectivity index (χ2v) is 10.8. The lowest BCUT2D eigenvalue weighted by Crippen LogP contribution is -3.12. The number of halogens is 2. The van der Waals surface area contributed by atoms with Crippen LogP contribution in [0.3, 0.4) is 0 Å². The molecule has 1 aliphatic carbocycles. The molecule has 2 N–H and O–H groups in total. The van der Waals surface area contributed by atoms with Crippen LogP contribution in [0.4, 0.5) is 14.6 Å². The molecule has 5 rings (SSSR count). The molecule has 0 radical (unpaired) electrons. The summed E-state index contributed by atoms with van der Waals surface area (Å²) in [5.74, 6) is -1.19. The van der Waals surface area contributed by atoms with Crippen molar-refractivity contribution in [1.82, 2.24) is 9.97 Å². The summed E-state index contributed by atoms with van der Waals surface area (Å²) in [6, 6.07) is 2.37. The molecule has 170 valence electrons. The molecule has 0 spiro atoms. The number of aryl methyl sites for hydroxylation is 2. The average molecular weight is 482 g/mol. The highest BCUT2D eigenvalue weighted by molar-refractivity contribution is 7.92. The van der Waals surface area contributed by atoms with Gasteiger partial charge in [-0.25, -0.2) is 27.2 Å². The zero-order chi connectivity index (χ0) is 22.3. The summed E-state index contributed by atoms with van der Waals surface area (Å²) in [6.45, 7) is 3.48. The second-order valence-electron chi connectivity index (χ2n) is 8.10. The molecular formula is C21H23F2N4O3S2+. The van der Waals surface area contributed by atoms with E-state index in [1.54, 1.807) is 11.3 Å². The molecule has 11 heteroatoms. The first-order valence-electron chi connectivity index (χ1n) is 10.6. The molecule has 0 bridgehead atoms. The SMILES string of the molecule is O=S(=O)(Nc1nc(C[NH+]2CCOCC2)nc2sc3c(c12)CCCC3)c1cc(F)ccc1F. The van der Waals surface area contributed by atoms with Gasteiger partial charge in [0.1, 0.15) is 41.0 Å². The van der Waals surface area contributed by atoms with Crippen LogP contribution in [0.25, 0.3) is 10.2 Å². The van der Waals surface area contributed by atoms with Gasteiger partial charge in [-0.15, -0.1) is 11.3 Å². The molecular weight excluding hydrogens is 458 g/mol. The van der Waals surface area contributed by atoms with Gasteiger partial charge in [-0.2, -0.15) is 0 Å². The lowest BCUT2D eigenvalue weighted by molar-refractivity contribution is -0.922. The Morgan fingerprint density at radius 1 is 1.12 bits per heavy atom. The second kappa shape index (κ2) is 8.62. The third-order valence-corrected chi connectivity index (χ3v) is 8.42. The Morgan fingerprint density at radius 3 is 2.72 bits per heavy atom. The molecule has 7 nitrogen and oxygen atoms in total. The Morgan fingerprint density at radius 2 is 1.91 bits per heavy atom. The van der Waals surface area contributed by atoms with Crippen LogP contribution >= 0.6 is 11.3 Å². The van der Waals surface area contributed by atoms with Crippen LogP contribution in [0.5, 0.6) is 0 Å². The van der Waals surface area contributed by atoms with Crippen molar-refractivity contribution in [3.05, 3.63) is 46.1 Å². The van der Waals surface area contributed by atoms with Crippen LogP contribution in [-0.4, -0.2) is 44.7 Å². The van der Waals surface area contributed by atoms with Crippen molar-refractivity contribution in [1.29, 1.82) is 0 Å². The minimum absolute atomic E-state index is 0.140. The number of sulfonamides is 1. The summed E-state index contributed by atoms with van der Waals surface area (Å²) >= 11 is 1.56. The summed E-state index contributed by atoms with van der Waals surface area (Å²) in [5, 5.41) is 0.672. The first kappa shape index (κ1) is 21.6. The minimum atomic E-state index is -4.39. The molecule has 32 heavy (non-hydrogen) atoms. The number of hydrogen-bond acceptors (Lipinski definition) is 6. The van der Waals surface area contributed by atoms with Crippen LogP contribution in [0, 0.1) is 11.6 Å². The minimum Gasteiger partial charge on any atom is -0.370 e. The number of hydrogen-bond donors (Lipinski definition) is 2. The fourth-order valence-electron chi connectivity index (χ4n) is 4.28. The van der Waals surface area contributed by atoms with Gasteiger partial charge in [0.05, 0.1) is 18.6 Å². The van der Waals surface area contributed by atoms with Gasteiger partial charge < -0.3 is 9.64 Å². The van der Waals surface area contributed by atoms with Gasteiger partial charge in [0, 0.05) is 4.88 Å². The molecule has 1 aliphatic heterocycles. The standard InChI is InChI=1S/C21H22F2N4O3S2/c22-13-5-6-15(23)17(11-13)32(28,29)26-20-19-14-3-1-2-4-16(14)31-21(19)25-18(24-20)12-27-7-9-30-10-8-27/h5-6,11H,1-4,7-10,12H2,(H,24,25,26)/p+1. The van der Waals surface area contributed by atoms with Gasteiger partial charge in [0.25, 0.3) is 10.0 Å². The smallest absolute Gasteiger partial charge is 0.266 e. The summed E-state index contributed by atoms with van der Waals surface area (Å²) in [5.41, 5.74) is 1.05. The fourth-order valence-corrected chi connectivity index (χ4v) is 6.67. The highest BCUT2D eigenvalue weighted by Crippen LogP contribution is 2.39. The average Bonchev–Trinajstić information content (AvgIpc) is 3.14. The molecule has 2 aromatic heterocycles. The van der Waals surface area contributed by atoms with E-state index in [1.165, 1.54) is 9.78 Å². The largest absolute Gasteiger partial charge is 0.370 e. The van der Waals surface area contributed by atoms with Crippen LogP contribution in [0.1, 0.15) is 29.1 Å².